The van der Waals surface area contributed by atoms with E-state index in [0.717, 1.165) is 33.6 Å². The lowest BCUT2D eigenvalue weighted by molar-refractivity contribution is 0.186. The Morgan fingerprint density at radius 3 is 2.29 bits per heavy atom. The van der Waals surface area contributed by atoms with Crippen LogP contribution in [0, 0.1) is 0 Å². The maximum absolute atomic E-state index is 10.9. The number of carbonyl (C=O) groups is 1. The zero-order valence-corrected chi connectivity index (χ0v) is 15.7. The summed E-state index contributed by atoms with van der Waals surface area (Å²) in [6.45, 7) is 0. The third kappa shape index (κ3) is 3.84. The van der Waals surface area contributed by atoms with Crippen molar-refractivity contribution in [1.29, 1.82) is 0 Å². The van der Waals surface area contributed by atoms with Crippen molar-refractivity contribution >= 4 is 45.4 Å². The molecule has 3 heterocycles. The Labute approximate surface area is 163 Å². The third-order valence-electron chi connectivity index (χ3n) is 3.86. The molecule has 0 aliphatic carbocycles. The molecular formula is C19H16N6O2S. The van der Waals surface area contributed by atoms with Crippen LogP contribution >= 0.6 is 11.3 Å². The van der Waals surface area contributed by atoms with Gasteiger partial charge in [-0.25, -0.2) is 19.7 Å². The minimum absolute atomic E-state index is 0.387. The molecule has 0 aliphatic heterocycles. The van der Waals surface area contributed by atoms with Crippen molar-refractivity contribution in [3.05, 3.63) is 59.4 Å². The highest BCUT2D eigenvalue weighted by Gasteiger charge is 2.06. The molecule has 0 fully saturated rings. The Morgan fingerprint density at radius 2 is 1.68 bits per heavy atom. The van der Waals surface area contributed by atoms with Crippen molar-refractivity contribution in [3.8, 4) is 11.5 Å². The maximum atomic E-state index is 10.9. The van der Waals surface area contributed by atoms with E-state index < -0.39 is 6.09 Å². The number of hydrogen-bond acceptors (Lipinski definition) is 6. The fraction of sp³-hybridized carbons (Fsp3) is 0.0526. The van der Waals surface area contributed by atoms with Crippen LogP contribution in [0.4, 0.5) is 10.7 Å². The van der Waals surface area contributed by atoms with Gasteiger partial charge < -0.3 is 14.7 Å². The quantitative estimate of drug-likeness (QED) is 0.412. The van der Waals surface area contributed by atoms with Crippen molar-refractivity contribution in [2.75, 3.05) is 12.4 Å². The predicted molar refractivity (Wildman–Crippen MR) is 109 cm³/mol. The van der Waals surface area contributed by atoms with Gasteiger partial charge in [0.25, 0.3) is 0 Å². The van der Waals surface area contributed by atoms with Crippen molar-refractivity contribution in [3.63, 3.8) is 0 Å². The Hall–Kier alpha value is -3.72. The van der Waals surface area contributed by atoms with E-state index in [1.54, 1.807) is 11.3 Å². The summed E-state index contributed by atoms with van der Waals surface area (Å²) in [4.78, 5) is 29.8. The average Bonchev–Trinajstić information content (AvgIpc) is 3.45. The first-order valence-corrected chi connectivity index (χ1v) is 9.30. The molecule has 28 heavy (non-hydrogen) atoms. The molecule has 140 valence electrons. The number of benzene rings is 2. The van der Waals surface area contributed by atoms with Crippen LogP contribution in [-0.4, -0.2) is 38.1 Å². The number of H-pyrrole nitrogens is 2. The number of imidazole rings is 2. The second-order valence-electron chi connectivity index (χ2n) is 5.70. The summed E-state index contributed by atoms with van der Waals surface area (Å²) in [5, 5.41) is 4.44. The SMILES string of the molecule is COC(=O)Nc1nc2ccccc2[nH]1.c1ccc2[nH]c(-c3cscn3)nc2c1. The highest BCUT2D eigenvalue weighted by atomic mass is 32.1. The molecule has 0 unspecified atom stereocenters. The van der Waals surface area contributed by atoms with Gasteiger partial charge in [-0.15, -0.1) is 11.3 Å². The number of nitrogens with zero attached hydrogens (tertiary/aromatic N) is 3. The van der Waals surface area contributed by atoms with Gasteiger partial charge in [0.2, 0.25) is 5.95 Å². The van der Waals surface area contributed by atoms with E-state index in [2.05, 4.69) is 35.0 Å². The largest absolute Gasteiger partial charge is 0.453 e. The predicted octanol–water partition coefficient (Wildman–Crippen LogP) is 4.43. The third-order valence-corrected chi connectivity index (χ3v) is 4.45. The summed E-state index contributed by atoms with van der Waals surface area (Å²) < 4.78 is 4.44. The lowest BCUT2D eigenvalue weighted by Crippen LogP contribution is -2.11. The van der Waals surface area contributed by atoms with Gasteiger partial charge in [-0.1, -0.05) is 24.3 Å². The normalized spacial score (nSPS) is 10.5. The standard InChI is InChI=1S/C10H7N3S.C9H9N3O2/c1-2-4-8-7(3-1)12-10(13-8)9-5-14-6-11-9;1-14-9(13)12-8-10-6-4-2-3-5-7(6)11-8/h1-6H,(H,12,13);2-5H,1H3,(H2,10,11,12,13). The molecule has 9 heteroatoms. The van der Waals surface area contributed by atoms with E-state index >= 15 is 0 Å². The number of fused-ring (bicyclic) bond motifs is 2. The van der Waals surface area contributed by atoms with Crippen molar-refractivity contribution in [2.45, 2.75) is 0 Å². The fourth-order valence-corrected chi connectivity index (χ4v) is 3.10. The van der Waals surface area contributed by atoms with Gasteiger partial charge in [0, 0.05) is 5.38 Å². The lowest BCUT2D eigenvalue weighted by atomic mass is 10.3. The molecule has 0 bridgehead atoms. The molecule has 0 saturated carbocycles. The number of aromatic amines is 2. The zero-order valence-electron chi connectivity index (χ0n) is 14.8. The molecule has 0 atom stereocenters. The first kappa shape index (κ1) is 17.7. The number of para-hydroxylation sites is 4. The van der Waals surface area contributed by atoms with Crippen LogP contribution in [0.1, 0.15) is 0 Å². The molecule has 0 spiro atoms. The van der Waals surface area contributed by atoms with E-state index in [1.807, 2.05) is 59.4 Å². The van der Waals surface area contributed by atoms with E-state index in [9.17, 15) is 4.79 Å². The second kappa shape index (κ2) is 7.89. The van der Waals surface area contributed by atoms with Crippen LogP contribution in [0.2, 0.25) is 0 Å². The summed E-state index contributed by atoms with van der Waals surface area (Å²) in [7, 11) is 1.30. The lowest BCUT2D eigenvalue weighted by Gasteiger charge is -1.96. The van der Waals surface area contributed by atoms with E-state index in [4.69, 9.17) is 0 Å². The minimum atomic E-state index is -0.538. The highest BCUT2D eigenvalue weighted by Crippen LogP contribution is 2.19. The van der Waals surface area contributed by atoms with Gasteiger partial charge in [0.15, 0.2) is 5.82 Å². The molecule has 5 rings (SSSR count). The summed E-state index contributed by atoms with van der Waals surface area (Å²) in [5.41, 5.74) is 6.43. The van der Waals surface area contributed by atoms with Gasteiger partial charge in [0.05, 0.1) is 34.7 Å². The summed E-state index contributed by atoms with van der Waals surface area (Å²) in [6, 6.07) is 15.5. The van der Waals surface area contributed by atoms with E-state index in [0.29, 0.717) is 5.95 Å². The summed E-state index contributed by atoms with van der Waals surface area (Å²) in [6.07, 6.45) is -0.538. The molecule has 2 aromatic carbocycles. The minimum Gasteiger partial charge on any atom is -0.453 e. The second-order valence-corrected chi connectivity index (χ2v) is 6.41. The molecule has 0 radical (unpaired) electrons. The zero-order chi connectivity index (χ0) is 19.3. The maximum Gasteiger partial charge on any atom is 0.413 e. The molecule has 1 amide bonds. The fourth-order valence-electron chi connectivity index (χ4n) is 2.56. The van der Waals surface area contributed by atoms with E-state index in [-0.39, 0.29) is 0 Å². The molecule has 0 aliphatic rings. The number of ether oxygens (including phenoxy) is 1. The van der Waals surface area contributed by atoms with Crippen LogP contribution in [0.25, 0.3) is 33.6 Å². The number of anilines is 1. The average molecular weight is 392 g/mol. The van der Waals surface area contributed by atoms with Crippen molar-refractivity contribution in [1.82, 2.24) is 24.9 Å². The van der Waals surface area contributed by atoms with Crippen molar-refractivity contribution < 1.29 is 9.53 Å². The Bertz CT molecular complexity index is 1150. The number of aromatic nitrogens is 5. The number of hydrogen-bond donors (Lipinski definition) is 3. The molecular weight excluding hydrogens is 376 g/mol. The van der Waals surface area contributed by atoms with Gasteiger partial charge >= 0.3 is 6.09 Å². The van der Waals surface area contributed by atoms with Crippen LogP contribution in [0.3, 0.4) is 0 Å². The molecule has 5 aromatic rings. The van der Waals surface area contributed by atoms with Crippen LogP contribution in [0.15, 0.2) is 59.4 Å². The smallest absolute Gasteiger partial charge is 0.413 e. The monoisotopic (exact) mass is 392 g/mol. The summed E-state index contributed by atoms with van der Waals surface area (Å²) in [5.74, 6) is 1.23. The number of nitrogens with one attached hydrogen (secondary N) is 3. The van der Waals surface area contributed by atoms with Gasteiger partial charge in [-0.2, -0.15) is 0 Å². The van der Waals surface area contributed by atoms with Crippen LogP contribution in [-0.2, 0) is 4.74 Å². The number of carbonyl (C=O) groups excluding carboxylic acids is 1. The Morgan fingerprint density at radius 1 is 1.00 bits per heavy atom. The van der Waals surface area contributed by atoms with Gasteiger partial charge in [0.1, 0.15) is 5.69 Å². The molecule has 3 N–H and O–H groups in total. The summed E-state index contributed by atoms with van der Waals surface area (Å²) >= 11 is 1.57. The highest BCUT2D eigenvalue weighted by molar-refractivity contribution is 7.07. The molecule has 3 aromatic heterocycles. The van der Waals surface area contributed by atoms with Crippen LogP contribution in [0.5, 0.6) is 0 Å². The van der Waals surface area contributed by atoms with E-state index in [1.165, 1.54) is 7.11 Å². The first-order valence-electron chi connectivity index (χ1n) is 8.36. The molecule has 8 nitrogen and oxygen atoms in total. The first-order chi connectivity index (χ1) is 13.7. The van der Waals surface area contributed by atoms with Gasteiger partial charge in [-0.3, -0.25) is 5.32 Å². The Kier molecular flexibility index (Phi) is 4.98. The molecule has 0 saturated heterocycles. The number of thiazole rings is 1. The van der Waals surface area contributed by atoms with Crippen molar-refractivity contribution in [2.24, 2.45) is 0 Å². The number of amides is 1. The number of methoxy groups -OCH3 is 1. The topological polar surface area (TPSA) is 109 Å². The van der Waals surface area contributed by atoms with Crippen LogP contribution < -0.4 is 5.32 Å². The van der Waals surface area contributed by atoms with Gasteiger partial charge in [-0.05, 0) is 24.3 Å². The Balaban J connectivity index is 0.000000137. The number of rotatable bonds is 2.